The summed E-state index contributed by atoms with van der Waals surface area (Å²) in [6, 6.07) is 12.4. The number of nitrogens with zero attached hydrogens (tertiary/aromatic N) is 4. The van der Waals surface area contributed by atoms with E-state index < -0.39 is 11.9 Å². The van der Waals surface area contributed by atoms with Crippen LogP contribution in [0.2, 0.25) is 0 Å². The Labute approximate surface area is 166 Å². The first kappa shape index (κ1) is 20.6. The van der Waals surface area contributed by atoms with Gasteiger partial charge in [0.1, 0.15) is 6.54 Å². The number of halogens is 3. The van der Waals surface area contributed by atoms with Crippen LogP contribution < -0.4 is 0 Å². The Hall–Kier alpha value is -3.16. The number of benzene rings is 1. The van der Waals surface area contributed by atoms with E-state index in [1.807, 2.05) is 30.3 Å². The summed E-state index contributed by atoms with van der Waals surface area (Å²) >= 11 is 0. The molecule has 2 aromatic heterocycles. The van der Waals surface area contributed by atoms with E-state index in [2.05, 4.69) is 17.0 Å². The predicted octanol–water partition coefficient (Wildman–Crippen LogP) is 4.09. The molecule has 2 heterocycles. The molecular weight excluding hydrogens is 381 g/mol. The topological polar surface area (TPSA) is 51.0 Å². The summed E-state index contributed by atoms with van der Waals surface area (Å²) in [6.07, 6.45) is 0.848. The zero-order valence-corrected chi connectivity index (χ0v) is 15.9. The number of carbonyl (C=O) groups excluding carboxylic acids is 1. The molecule has 3 rings (SSSR count). The van der Waals surface area contributed by atoms with Gasteiger partial charge < -0.3 is 4.90 Å². The molecule has 0 aliphatic rings. The first-order valence-electron chi connectivity index (χ1n) is 9.20. The molecule has 1 amide bonds. The molecule has 8 heteroatoms. The average molecular weight is 402 g/mol. The molecule has 1 aromatic carbocycles. The highest BCUT2D eigenvalue weighted by atomic mass is 19.4. The van der Waals surface area contributed by atoms with Crippen molar-refractivity contribution in [3.05, 3.63) is 83.4 Å². The number of alkyl halides is 3. The van der Waals surface area contributed by atoms with E-state index in [1.54, 1.807) is 23.4 Å². The Bertz CT molecular complexity index is 937. The Kier molecular flexibility index (Phi) is 6.31. The monoisotopic (exact) mass is 402 g/mol. The largest absolute Gasteiger partial charge is 0.435 e. The van der Waals surface area contributed by atoms with Crippen LogP contribution in [0.1, 0.15) is 29.3 Å². The van der Waals surface area contributed by atoms with Gasteiger partial charge in [0.25, 0.3) is 0 Å². The number of aryl methyl sites for hydroxylation is 1. The predicted molar refractivity (Wildman–Crippen MR) is 102 cm³/mol. The molecule has 0 fully saturated rings. The first-order chi connectivity index (χ1) is 13.8. The number of carbonyl (C=O) groups is 1. The van der Waals surface area contributed by atoms with Gasteiger partial charge >= 0.3 is 6.18 Å². The highest BCUT2D eigenvalue weighted by molar-refractivity contribution is 5.76. The van der Waals surface area contributed by atoms with Crippen LogP contribution in [0.5, 0.6) is 0 Å². The molecule has 29 heavy (non-hydrogen) atoms. The lowest BCUT2D eigenvalue weighted by atomic mass is 10.1. The van der Waals surface area contributed by atoms with E-state index in [9.17, 15) is 18.0 Å². The third kappa shape index (κ3) is 5.66. The average Bonchev–Trinajstić information content (AvgIpc) is 3.18. The van der Waals surface area contributed by atoms with Gasteiger partial charge in [-0.25, -0.2) is 0 Å². The fraction of sp³-hybridized carbons (Fsp3) is 0.286. The second-order valence-corrected chi connectivity index (χ2v) is 6.68. The van der Waals surface area contributed by atoms with E-state index in [0.29, 0.717) is 13.1 Å². The van der Waals surface area contributed by atoms with E-state index >= 15 is 0 Å². The van der Waals surface area contributed by atoms with Crippen molar-refractivity contribution in [1.82, 2.24) is 19.7 Å². The van der Waals surface area contributed by atoms with Gasteiger partial charge in [0, 0.05) is 31.7 Å². The summed E-state index contributed by atoms with van der Waals surface area (Å²) in [5, 5.41) is 3.47. The molecule has 0 aliphatic heterocycles. The van der Waals surface area contributed by atoms with Gasteiger partial charge in [-0.2, -0.15) is 18.3 Å². The number of aromatic nitrogens is 3. The standard InChI is InChI=1S/C21H21F3N4O/c1-2-16-5-7-17(8-6-16)13-27(14-18-4-3-10-25-12-18)20(29)15-28-11-9-19(26-28)21(22,23)24/h3-12H,2,13-15H2,1H3. The molecule has 0 spiro atoms. The van der Waals surface area contributed by atoms with Crippen molar-refractivity contribution < 1.29 is 18.0 Å². The van der Waals surface area contributed by atoms with Gasteiger partial charge in [-0.3, -0.25) is 14.5 Å². The Morgan fingerprint density at radius 1 is 1.03 bits per heavy atom. The Morgan fingerprint density at radius 3 is 2.31 bits per heavy atom. The summed E-state index contributed by atoms with van der Waals surface area (Å²) in [7, 11) is 0. The zero-order chi connectivity index (χ0) is 20.9. The highest BCUT2D eigenvalue weighted by Crippen LogP contribution is 2.27. The lowest BCUT2D eigenvalue weighted by molar-refractivity contribution is -0.142. The van der Waals surface area contributed by atoms with E-state index in [1.165, 1.54) is 11.8 Å². The van der Waals surface area contributed by atoms with Crippen LogP contribution in [0.3, 0.4) is 0 Å². The molecule has 0 bridgehead atoms. The lowest BCUT2D eigenvalue weighted by Gasteiger charge is -2.23. The summed E-state index contributed by atoms with van der Waals surface area (Å²) in [5.41, 5.74) is 1.95. The molecule has 0 atom stereocenters. The third-order valence-corrected chi connectivity index (χ3v) is 4.48. The summed E-state index contributed by atoms with van der Waals surface area (Å²) in [4.78, 5) is 18.5. The van der Waals surface area contributed by atoms with Crippen LogP contribution in [-0.4, -0.2) is 25.6 Å². The van der Waals surface area contributed by atoms with Gasteiger partial charge in [0.15, 0.2) is 5.69 Å². The van der Waals surface area contributed by atoms with Gasteiger partial charge in [0.2, 0.25) is 5.91 Å². The molecule has 0 saturated carbocycles. The van der Waals surface area contributed by atoms with Crippen LogP contribution in [0.15, 0.2) is 61.1 Å². The second-order valence-electron chi connectivity index (χ2n) is 6.68. The number of amides is 1. The Morgan fingerprint density at radius 2 is 1.72 bits per heavy atom. The smallest absolute Gasteiger partial charge is 0.332 e. The maximum Gasteiger partial charge on any atom is 0.435 e. The molecule has 0 radical (unpaired) electrons. The van der Waals surface area contributed by atoms with Crippen molar-refractivity contribution in [3.63, 3.8) is 0 Å². The molecule has 5 nitrogen and oxygen atoms in total. The van der Waals surface area contributed by atoms with Gasteiger partial charge in [-0.15, -0.1) is 0 Å². The number of hydrogen-bond donors (Lipinski definition) is 0. The second kappa shape index (κ2) is 8.89. The fourth-order valence-electron chi connectivity index (χ4n) is 2.88. The first-order valence-corrected chi connectivity index (χ1v) is 9.20. The molecule has 152 valence electrons. The highest BCUT2D eigenvalue weighted by Gasteiger charge is 2.33. The van der Waals surface area contributed by atoms with Crippen LogP contribution in [-0.2, 0) is 37.0 Å². The lowest BCUT2D eigenvalue weighted by Crippen LogP contribution is -2.33. The quantitative estimate of drug-likeness (QED) is 0.598. The van der Waals surface area contributed by atoms with Crippen molar-refractivity contribution in [2.75, 3.05) is 0 Å². The molecule has 0 N–H and O–H groups in total. The molecule has 0 saturated heterocycles. The van der Waals surface area contributed by atoms with Crippen molar-refractivity contribution >= 4 is 5.91 Å². The van der Waals surface area contributed by atoms with Crippen molar-refractivity contribution in [1.29, 1.82) is 0 Å². The minimum atomic E-state index is -4.54. The van der Waals surface area contributed by atoms with Gasteiger partial charge in [0.05, 0.1) is 0 Å². The minimum absolute atomic E-state index is 0.274. The summed E-state index contributed by atoms with van der Waals surface area (Å²) in [5.74, 6) is -0.328. The van der Waals surface area contributed by atoms with E-state index in [-0.39, 0.29) is 12.5 Å². The normalized spacial score (nSPS) is 11.4. The number of rotatable bonds is 7. The van der Waals surface area contributed by atoms with Crippen LogP contribution in [0.25, 0.3) is 0 Å². The van der Waals surface area contributed by atoms with Crippen molar-refractivity contribution in [2.24, 2.45) is 0 Å². The maximum absolute atomic E-state index is 12.9. The van der Waals surface area contributed by atoms with Crippen LogP contribution in [0.4, 0.5) is 13.2 Å². The van der Waals surface area contributed by atoms with E-state index in [4.69, 9.17) is 0 Å². The van der Waals surface area contributed by atoms with Gasteiger partial charge in [-0.1, -0.05) is 37.3 Å². The van der Waals surface area contributed by atoms with Crippen molar-refractivity contribution in [3.8, 4) is 0 Å². The molecular formula is C21H21F3N4O. The molecule has 0 aliphatic carbocycles. The van der Waals surface area contributed by atoms with E-state index in [0.717, 1.165) is 28.3 Å². The molecule has 0 unspecified atom stereocenters. The number of pyridine rings is 1. The summed E-state index contributed by atoms with van der Waals surface area (Å²) in [6.45, 7) is 2.43. The number of hydrogen-bond acceptors (Lipinski definition) is 3. The van der Waals surface area contributed by atoms with Crippen LogP contribution in [0, 0.1) is 0 Å². The van der Waals surface area contributed by atoms with Gasteiger partial charge in [-0.05, 0) is 35.2 Å². The third-order valence-electron chi connectivity index (χ3n) is 4.48. The zero-order valence-electron chi connectivity index (χ0n) is 15.9. The van der Waals surface area contributed by atoms with Crippen molar-refractivity contribution in [2.45, 2.75) is 39.2 Å². The fourth-order valence-corrected chi connectivity index (χ4v) is 2.88. The Balaban J connectivity index is 1.77. The summed E-state index contributed by atoms with van der Waals surface area (Å²) < 4.78 is 39.3. The minimum Gasteiger partial charge on any atom is -0.332 e. The maximum atomic E-state index is 12.9. The molecule has 3 aromatic rings. The van der Waals surface area contributed by atoms with Crippen LogP contribution >= 0.6 is 0 Å². The SMILES string of the molecule is CCc1ccc(CN(Cc2cccnc2)C(=O)Cn2ccc(C(F)(F)F)n2)cc1.